The third-order valence-corrected chi connectivity index (χ3v) is 3.55. The molecule has 1 N–H and O–H groups in total. The first-order valence-corrected chi connectivity index (χ1v) is 7.18. The Morgan fingerprint density at radius 1 is 1.06 bits per heavy atom. The van der Waals surface area contributed by atoms with E-state index in [-0.39, 0.29) is 5.54 Å². The van der Waals surface area contributed by atoms with Gasteiger partial charge in [-0.1, -0.05) is 17.7 Å². The van der Waals surface area contributed by atoms with Crippen LogP contribution >= 0.6 is 11.6 Å². The van der Waals surface area contributed by atoms with Crippen LogP contribution < -0.4 is 5.32 Å². The van der Waals surface area contributed by atoms with Crippen LogP contribution in [0.15, 0.2) is 12.1 Å². The number of hydrogen-bond donors (Lipinski definition) is 1. The van der Waals surface area contributed by atoms with Crippen molar-refractivity contribution in [3.05, 3.63) is 33.8 Å². The van der Waals surface area contributed by atoms with Crippen molar-refractivity contribution in [2.45, 2.75) is 59.4 Å². The van der Waals surface area contributed by atoms with Gasteiger partial charge in [0, 0.05) is 10.6 Å². The smallest absolute Gasteiger partial charge is 0.0438 e. The first-order valence-electron chi connectivity index (χ1n) is 6.80. The summed E-state index contributed by atoms with van der Waals surface area (Å²) < 4.78 is 0. The maximum atomic E-state index is 6.11. The molecule has 0 aliphatic heterocycles. The van der Waals surface area contributed by atoms with E-state index in [0.29, 0.717) is 0 Å². The van der Waals surface area contributed by atoms with Crippen LogP contribution in [-0.2, 0) is 6.42 Å². The highest BCUT2D eigenvalue weighted by atomic mass is 35.5. The second-order valence-electron chi connectivity index (χ2n) is 6.16. The van der Waals surface area contributed by atoms with Gasteiger partial charge in [-0.25, -0.2) is 0 Å². The molecule has 0 amide bonds. The van der Waals surface area contributed by atoms with Crippen molar-refractivity contribution in [1.29, 1.82) is 0 Å². The van der Waals surface area contributed by atoms with E-state index in [0.717, 1.165) is 18.0 Å². The highest BCUT2D eigenvalue weighted by Gasteiger charge is 2.07. The predicted molar refractivity (Wildman–Crippen MR) is 81.6 cm³/mol. The molecule has 1 rings (SSSR count). The summed E-state index contributed by atoms with van der Waals surface area (Å²) in [4.78, 5) is 0. The zero-order valence-corrected chi connectivity index (χ0v) is 13.1. The average Bonchev–Trinajstić information content (AvgIpc) is 2.23. The Hall–Kier alpha value is -0.530. The van der Waals surface area contributed by atoms with Crippen molar-refractivity contribution in [3.63, 3.8) is 0 Å². The Balaban J connectivity index is 2.38. The van der Waals surface area contributed by atoms with Crippen LogP contribution in [0.2, 0.25) is 5.02 Å². The van der Waals surface area contributed by atoms with Crippen molar-refractivity contribution in [2.24, 2.45) is 0 Å². The fourth-order valence-electron chi connectivity index (χ4n) is 2.01. The fraction of sp³-hybridized carbons (Fsp3) is 0.625. The molecule has 0 unspecified atom stereocenters. The van der Waals surface area contributed by atoms with E-state index in [2.05, 4.69) is 52.1 Å². The number of hydrogen-bond acceptors (Lipinski definition) is 1. The summed E-state index contributed by atoms with van der Waals surface area (Å²) in [5.74, 6) is 0. The zero-order chi connectivity index (χ0) is 13.8. The molecule has 0 atom stereocenters. The molecular weight excluding hydrogens is 242 g/mol. The Bertz CT molecular complexity index is 391. The molecule has 0 heterocycles. The molecule has 18 heavy (non-hydrogen) atoms. The van der Waals surface area contributed by atoms with Crippen molar-refractivity contribution >= 4 is 11.6 Å². The minimum Gasteiger partial charge on any atom is -0.312 e. The first kappa shape index (κ1) is 15.5. The monoisotopic (exact) mass is 267 g/mol. The van der Waals surface area contributed by atoms with E-state index in [1.165, 1.54) is 29.5 Å². The second kappa shape index (κ2) is 6.58. The second-order valence-corrected chi connectivity index (χ2v) is 6.57. The lowest BCUT2D eigenvalue weighted by Crippen LogP contribution is -2.36. The highest BCUT2D eigenvalue weighted by molar-refractivity contribution is 6.31. The van der Waals surface area contributed by atoms with Crippen LogP contribution in [0.3, 0.4) is 0 Å². The van der Waals surface area contributed by atoms with Gasteiger partial charge in [-0.05, 0) is 83.2 Å². The topological polar surface area (TPSA) is 12.0 Å². The summed E-state index contributed by atoms with van der Waals surface area (Å²) in [7, 11) is 0. The number of nitrogens with one attached hydrogen (secondary N) is 1. The fourth-order valence-corrected chi connectivity index (χ4v) is 2.23. The molecule has 1 aromatic rings. The number of aryl methyl sites for hydroxylation is 3. The molecule has 1 aromatic carbocycles. The first-order chi connectivity index (χ1) is 8.29. The van der Waals surface area contributed by atoms with E-state index in [4.69, 9.17) is 11.6 Å². The molecule has 0 radical (unpaired) electrons. The maximum absolute atomic E-state index is 6.11. The van der Waals surface area contributed by atoms with Gasteiger partial charge in [0.05, 0.1) is 0 Å². The molecule has 0 aliphatic carbocycles. The summed E-state index contributed by atoms with van der Waals surface area (Å²) in [6, 6.07) is 4.31. The third kappa shape index (κ3) is 5.41. The molecule has 2 heteroatoms. The predicted octanol–water partition coefficient (Wildman–Crippen LogP) is 4.67. The van der Waals surface area contributed by atoms with Gasteiger partial charge in [0.1, 0.15) is 0 Å². The van der Waals surface area contributed by atoms with Gasteiger partial charge in [0.25, 0.3) is 0 Å². The Morgan fingerprint density at radius 2 is 1.72 bits per heavy atom. The quantitative estimate of drug-likeness (QED) is 0.765. The van der Waals surface area contributed by atoms with Crippen LogP contribution in [0.5, 0.6) is 0 Å². The van der Waals surface area contributed by atoms with Crippen LogP contribution in [0.4, 0.5) is 0 Å². The molecular formula is C16H26ClN. The van der Waals surface area contributed by atoms with E-state index >= 15 is 0 Å². The van der Waals surface area contributed by atoms with Gasteiger partial charge in [-0.15, -0.1) is 0 Å². The van der Waals surface area contributed by atoms with Crippen LogP contribution in [-0.4, -0.2) is 12.1 Å². The number of halogens is 1. The minimum atomic E-state index is 0.229. The van der Waals surface area contributed by atoms with E-state index < -0.39 is 0 Å². The molecule has 1 nitrogen and oxygen atoms in total. The van der Waals surface area contributed by atoms with E-state index in [1.54, 1.807) is 0 Å². The van der Waals surface area contributed by atoms with Crippen molar-refractivity contribution in [2.75, 3.05) is 6.54 Å². The molecule has 0 aromatic heterocycles. The lowest BCUT2D eigenvalue weighted by atomic mass is 10.00. The van der Waals surface area contributed by atoms with Crippen LogP contribution in [0, 0.1) is 13.8 Å². The van der Waals surface area contributed by atoms with Crippen molar-refractivity contribution in [3.8, 4) is 0 Å². The standard InChI is InChI=1S/C16H26ClN/c1-12-11-15(17)13(2)10-14(12)8-6-7-9-18-16(3,4)5/h10-11,18H,6-9H2,1-5H3. The van der Waals surface area contributed by atoms with E-state index in [9.17, 15) is 0 Å². The largest absolute Gasteiger partial charge is 0.312 e. The Morgan fingerprint density at radius 3 is 2.33 bits per heavy atom. The Kier molecular flexibility index (Phi) is 5.68. The average molecular weight is 268 g/mol. The van der Waals surface area contributed by atoms with Gasteiger partial charge in [0.15, 0.2) is 0 Å². The molecule has 0 saturated carbocycles. The third-order valence-electron chi connectivity index (χ3n) is 3.15. The molecule has 0 saturated heterocycles. The number of benzene rings is 1. The van der Waals surface area contributed by atoms with Gasteiger partial charge in [0.2, 0.25) is 0 Å². The lowest BCUT2D eigenvalue weighted by Gasteiger charge is -2.20. The van der Waals surface area contributed by atoms with E-state index in [1.807, 2.05) is 0 Å². The SMILES string of the molecule is Cc1cc(CCCCNC(C)(C)C)c(C)cc1Cl. The van der Waals surface area contributed by atoms with Crippen LogP contribution in [0.25, 0.3) is 0 Å². The van der Waals surface area contributed by atoms with Gasteiger partial charge >= 0.3 is 0 Å². The Labute approximate surface area is 117 Å². The zero-order valence-electron chi connectivity index (χ0n) is 12.4. The van der Waals surface area contributed by atoms with Crippen LogP contribution in [0.1, 0.15) is 50.3 Å². The summed E-state index contributed by atoms with van der Waals surface area (Å²) in [6.07, 6.45) is 3.60. The number of unbranched alkanes of at least 4 members (excludes halogenated alkanes) is 1. The molecule has 0 aliphatic rings. The summed E-state index contributed by atoms with van der Waals surface area (Å²) in [6.45, 7) is 11.9. The van der Waals surface area contributed by atoms with Crippen molar-refractivity contribution in [1.82, 2.24) is 5.32 Å². The summed E-state index contributed by atoms with van der Waals surface area (Å²) in [5.41, 5.74) is 4.17. The van der Waals surface area contributed by atoms with Crippen molar-refractivity contribution < 1.29 is 0 Å². The van der Waals surface area contributed by atoms with Gasteiger partial charge < -0.3 is 5.32 Å². The maximum Gasteiger partial charge on any atom is 0.0438 e. The highest BCUT2D eigenvalue weighted by Crippen LogP contribution is 2.21. The molecule has 102 valence electrons. The molecule has 0 fully saturated rings. The molecule has 0 spiro atoms. The molecule has 0 bridgehead atoms. The normalized spacial score (nSPS) is 11.9. The van der Waals surface area contributed by atoms with Gasteiger partial charge in [-0.2, -0.15) is 0 Å². The minimum absolute atomic E-state index is 0.229. The summed E-state index contributed by atoms with van der Waals surface area (Å²) >= 11 is 6.11. The summed E-state index contributed by atoms with van der Waals surface area (Å²) in [5, 5.41) is 4.40. The number of rotatable bonds is 5. The van der Waals surface area contributed by atoms with Gasteiger partial charge in [-0.3, -0.25) is 0 Å². The lowest BCUT2D eigenvalue weighted by molar-refractivity contribution is 0.419.